The van der Waals surface area contributed by atoms with Crippen molar-refractivity contribution in [1.82, 2.24) is 15.0 Å². The molecule has 0 aliphatic carbocycles. The fraction of sp³-hybridized carbons (Fsp3) is 0.750. The summed E-state index contributed by atoms with van der Waals surface area (Å²) in [4.78, 5) is 12.1. The lowest BCUT2D eigenvalue weighted by Gasteiger charge is -2.10. The Morgan fingerprint density at radius 1 is 1.11 bits per heavy atom. The first kappa shape index (κ1) is 15.4. The van der Waals surface area contributed by atoms with Crippen molar-refractivity contribution in [3.63, 3.8) is 0 Å². The molecule has 0 atom stereocenters. The lowest BCUT2D eigenvalue weighted by Crippen LogP contribution is -2.15. The number of nitrogens with one attached hydrogen (secondary N) is 1. The van der Waals surface area contributed by atoms with Gasteiger partial charge in [-0.2, -0.15) is 9.97 Å². The molecule has 0 aliphatic heterocycles. The third-order valence-corrected chi connectivity index (χ3v) is 2.29. The first-order chi connectivity index (χ1) is 9.15. The molecule has 0 unspecified atom stereocenters. The molecular formula is C12H23N5O2. The zero-order valence-corrected chi connectivity index (χ0v) is 11.8. The highest BCUT2D eigenvalue weighted by atomic mass is 16.5. The Morgan fingerprint density at radius 2 is 1.84 bits per heavy atom. The Labute approximate surface area is 113 Å². The first-order valence-corrected chi connectivity index (χ1v) is 6.67. The number of nitrogen functional groups attached to an aromatic ring is 1. The maximum atomic E-state index is 5.48. The van der Waals surface area contributed by atoms with E-state index in [1.807, 2.05) is 13.8 Å². The Morgan fingerprint density at radius 3 is 2.47 bits per heavy atom. The Kier molecular flexibility index (Phi) is 6.88. The van der Waals surface area contributed by atoms with Crippen molar-refractivity contribution in [3.05, 3.63) is 0 Å². The van der Waals surface area contributed by atoms with Crippen LogP contribution in [0.1, 0.15) is 46.5 Å². The highest BCUT2D eigenvalue weighted by molar-refractivity contribution is 5.25. The maximum Gasteiger partial charge on any atom is 0.324 e. The van der Waals surface area contributed by atoms with E-state index in [1.165, 1.54) is 12.8 Å². The number of nitrogens with zero attached hydrogens (tertiary/aromatic N) is 3. The van der Waals surface area contributed by atoms with Gasteiger partial charge in [0.2, 0.25) is 5.95 Å². The van der Waals surface area contributed by atoms with Crippen LogP contribution in [0.4, 0.5) is 5.95 Å². The van der Waals surface area contributed by atoms with Crippen LogP contribution in [0.3, 0.4) is 0 Å². The van der Waals surface area contributed by atoms with E-state index in [0.717, 1.165) is 12.8 Å². The van der Waals surface area contributed by atoms with Gasteiger partial charge in [0.05, 0.1) is 12.7 Å². The standard InChI is InChI=1S/C12H23N5O2/c1-4-5-6-7-8-18-11-14-10(17-13)15-12(16-11)19-9(2)3/h9H,4-8,13H2,1-3H3,(H,14,15,16,17). The summed E-state index contributed by atoms with van der Waals surface area (Å²) < 4.78 is 10.9. The molecule has 1 heterocycles. The van der Waals surface area contributed by atoms with Crippen molar-refractivity contribution in [2.24, 2.45) is 5.84 Å². The molecule has 0 radical (unpaired) electrons. The average molecular weight is 269 g/mol. The first-order valence-electron chi connectivity index (χ1n) is 6.67. The fourth-order valence-corrected chi connectivity index (χ4v) is 1.42. The number of hydrogen-bond acceptors (Lipinski definition) is 7. The molecule has 0 saturated carbocycles. The summed E-state index contributed by atoms with van der Waals surface area (Å²) in [5, 5.41) is 0. The Hall–Kier alpha value is -1.63. The molecule has 1 aromatic rings. The van der Waals surface area contributed by atoms with E-state index in [0.29, 0.717) is 6.61 Å². The quantitative estimate of drug-likeness (QED) is 0.401. The monoisotopic (exact) mass is 269 g/mol. The van der Waals surface area contributed by atoms with Crippen LogP contribution in [0.5, 0.6) is 12.0 Å². The Bertz CT molecular complexity index is 373. The van der Waals surface area contributed by atoms with E-state index in [2.05, 4.69) is 27.3 Å². The third kappa shape index (κ3) is 6.19. The number of nitrogens with two attached hydrogens (primary N) is 1. The van der Waals surface area contributed by atoms with Crippen molar-refractivity contribution >= 4 is 5.95 Å². The minimum absolute atomic E-state index is 0.0228. The molecule has 0 saturated heterocycles. The van der Waals surface area contributed by atoms with Gasteiger partial charge in [-0.25, -0.2) is 5.84 Å². The van der Waals surface area contributed by atoms with Gasteiger partial charge in [0, 0.05) is 0 Å². The molecular weight excluding hydrogens is 246 g/mol. The SMILES string of the molecule is CCCCCCOc1nc(NN)nc(OC(C)C)n1. The second-order valence-electron chi connectivity index (χ2n) is 4.44. The molecule has 0 fully saturated rings. The van der Waals surface area contributed by atoms with E-state index >= 15 is 0 Å². The van der Waals surface area contributed by atoms with Gasteiger partial charge >= 0.3 is 12.0 Å². The van der Waals surface area contributed by atoms with Crippen LogP contribution in [0.25, 0.3) is 0 Å². The molecule has 1 rings (SSSR count). The zero-order valence-electron chi connectivity index (χ0n) is 11.8. The lowest BCUT2D eigenvalue weighted by atomic mass is 10.2. The minimum Gasteiger partial charge on any atom is -0.463 e. The number of unbranched alkanes of at least 4 members (excludes halogenated alkanes) is 3. The smallest absolute Gasteiger partial charge is 0.324 e. The number of anilines is 1. The number of ether oxygens (including phenoxy) is 2. The predicted molar refractivity (Wildman–Crippen MR) is 73.0 cm³/mol. The van der Waals surface area contributed by atoms with Crippen LogP contribution in [-0.4, -0.2) is 27.7 Å². The summed E-state index contributed by atoms with van der Waals surface area (Å²) >= 11 is 0. The van der Waals surface area contributed by atoms with E-state index < -0.39 is 0 Å². The number of hydrogen-bond donors (Lipinski definition) is 2. The number of aromatic nitrogens is 3. The lowest BCUT2D eigenvalue weighted by molar-refractivity contribution is 0.212. The summed E-state index contributed by atoms with van der Waals surface area (Å²) in [6.07, 6.45) is 4.49. The average Bonchev–Trinajstić information content (AvgIpc) is 2.37. The van der Waals surface area contributed by atoms with Crippen molar-refractivity contribution < 1.29 is 9.47 Å². The molecule has 19 heavy (non-hydrogen) atoms. The highest BCUT2D eigenvalue weighted by Crippen LogP contribution is 2.14. The summed E-state index contributed by atoms with van der Waals surface area (Å²) in [5.74, 6) is 5.53. The molecule has 0 amide bonds. The highest BCUT2D eigenvalue weighted by Gasteiger charge is 2.09. The van der Waals surface area contributed by atoms with E-state index in [1.54, 1.807) is 0 Å². The zero-order chi connectivity index (χ0) is 14.1. The molecule has 0 aliphatic rings. The van der Waals surface area contributed by atoms with Crippen LogP contribution in [0.2, 0.25) is 0 Å². The molecule has 0 aromatic carbocycles. The van der Waals surface area contributed by atoms with Crippen LogP contribution in [-0.2, 0) is 0 Å². The minimum atomic E-state index is -0.0228. The summed E-state index contributed by atoms with van der Waals surface area (Å²) in [6, 6.07) is 0.441. The molecule has 1 aromatic heterocycles. The van der Waals surface area contributed by atoms with Crippen molar-refractivity contribution in [1.29, 1.82) is 0 Å². The van der Waals surface area contributed by atoms with Crippen molar-refractivity contribution in [2.75, 3.05) is 12.0 Å². The van der Waals surface area contributed by atoms with Gasteiger partial charge in [0.25, 0.3) is 0 Å². The summed E-state index contributed by atoms with van der Waals surface area (Å²) in [6.45, 7) is 6.53. The van der Waals surface area contributed by atoms with Gasteiger partial charge in [-0.1, -0.05) is 26.2 Å². The van der Waals surface area contributed by atoms with Gasteiger partial charge in [0.15, 0.2) is 0 Å². The van der Waals surface area contributed by atoms with Gasteiger partial charge in [0.1, 0.15) is 0 Å². The van der Waals surface area contributed by atoms with Gasteiger partial charge in [-0.3, -0.25) is 5.43 Å². The molecule has 7 heteroatoms. The van der Waals surface area contributed by atoms with E-state index in [-0.39, 0.29) is 24.1 Å². The van der Waals surface area contributed by atoms with Crippen LogP contribution < -0.4 is 20.7 Å². The van der Waals surface area contributed by atoms with Gasteiger partial charge in [-0.05, 0) is 20.3 Å². The molecule has 3 N–H and O–H groups in total. The molecule has 0 bridgehead atoms. The van der Waals surface area contributed by atoms with E-state index in [9.17, 15) is 0 Å². The second kappa shape index (κ2) is 8.47. The third-order valence-electron chi connectivity index (χ3n) is 2.29. The summed E-state index contributed by atoms with van der Waals surface area (Å²) in [7, 11) is 0. The normalized spacial score (nSPS) is 10.6. The second-order valence-corrected chi connectivity index (χ2v) is 4.44. The van der Waals surface area contributed by atoms with Gasteiger partial charge in [-0.15, -0.1) is 4.98 Å². The molecule has 0 spiro atoms. The maximum absolute atomic E-state index is 5.48. The van der Waals surface area contributed by atoms with Crippen LogP contribution in [0, 0.1) is 0 Å². The van der Waals surface area contributed by atoms with Crippen LogP contribution >= 0.6 is 0 Å². The number of hydrazine groups is 1. The Balaban J connectivity index is 2.55. The van der Waals surface area contributed by atoms with Crippen molar-refractivity contribution in [3.8, 4) is 12.0 Å². The fourth-order valence-electron chi connectivity index (χ4n) is 1.42. The summed E-state index contributed by atoms with van der Waals surface area (Å²) in [5.41, 5.74) is 2.37. The largest absolute Gasteiger partial charge is 0.463 e. The predicted octanol–water partition coefficient (Wildman–Crippen LogP) is 1.90. The molecule has 108 valence electrons. The number of rotatable bonds is 9. The topological polar surface area (TPSA) is 95.2 Å². The van der Waals surface area contributed by atoms with E-state index in [4.69, 9.17) is 15.3 Å². The van der Waals surface area contributed by atoms with Crippen LogP contribution in [0.15, 0.2) is 0 Å². The molecule has 7 nitrogen and oxygen atoms in total. The van der Waals surface area contributed by atoms with Gasteiger partial charge < -0.3 is 9.47 Å². The van der Waals surface area contributed by atoms with Crippen molar-refractivity contribution in [2.45, 2.75) is 52.6 Å².